The number of nitrogens with zero attached hydrogens (tertiary/aromatic N) is 3. The molecule has 8 heteroatoms. The average molecular weight is 317 g/mol. The smallest absolute Gasteiger partial charge is 0.251 e. The van der Waals surface area contributed by atoms with Crippen LogP contribution in [-0.4, -0.2) is 20.2 Å². The summed E-state index contributed by atoms with van der Waals surface area (Å²) in [5.41, 5.74) is -0.372. The highest BCUT2D eigenvalue weighted by Crippen LogP contribution is 2.35. The Kier molecular flexibility index (Phi) is 4.23. The molecule has 114 valence electrons. The number of nitriles is 1. The van der Waals surface area contributed by atoms with Crippen LogP contribution in [0, 0.1) is 11.5 Å². The van der Waals surface area contributed by atoms with E-state index in [0.29, 0.717) is 24.2 Å². The van der Waals surface area contributed by atoms with E-state index >= 15 is 0 Å². The van der Waals surface area contributed by atoms with E-state index in [1.54, 1.807) is 13.1 Å². The first-order chi connectivity index (χ1) is 9.78. The predicted molar refractivity (Wildman–Crippen MR) is 71.7 cm³/mol. The van der Waals surface area contributed by atoms with Gasteiger partial charge in [0.25, 0.3) is 0 Å². The quantitative estimate of drug-likeness (QED) is 0.786. The Balaban J connectivity index is 2.29. The summed E-state index contributed by atoms with van der Waals surface area (Å²) >= 11 is 0. The number of aromatic nitrogens is 1. The van der Waals surface area contributed by atoms with E-state index in [-0.39, 0.29) is 11.2 Å². The minimum Gasteiger partial charge on any atom is -0.251 e. The standard InChI is InChI=1S/C13H14F3N3OS/c1-9(11-3-2-6-21(11,20)19-8-17)10-4-5-12(18-7-10)13(14,15)16/h4-5,7,9,11H,2-3,6H2,1H3. The van der Waals surface area contributed by atoms with Crippen molar-refractivity contribution in [2.24, 2.45) is 4.36 Å². The highest BCUT2D eigenvalue weighted by molar-refractivity contribution is 7.94. The van der Waals surface area contributed by atoms with Crippen LogP contribution in [0.1, 0.15) is 36.9 Å². The molecule has 1 aliphatic heterocycles. The Morgan fingerprint density at radius 1 is 1.52 bits per heavy atom. The van der Waals surface area contributed by atoms with E-state index in [4.69, 9.17) is 5.26 Å². The fourth-order valence-corrected chi connectivity index (χ4v) is 5.21. The monoisotopic (exact) mass is 317 g/mol. The molecule has 0 aromatic carbocycles. The lowest BCUT2D eigenvalue weighted by atomic mass is 9.96. The molecule has 0 amide bonds. The molecule has 0 N–H and O–H groups in total. The maximum atomic E-state index is 12.6. The van der Waals surface area contributed by atoms with Gasteiger partial charge in [-0.1, -0.05) is 13.0 Å². The van der Waals surface area contributed by atoms with Gasteiger partial charge in [-0.05, 0) is 30.4 Å². The summed E-state index contributed by atoms with van der Waals surface area (Å²) in [5.74, 6) is 0.107. The Labute approximate surface area is 121 Å². The zero-order valence-electron chi connectivity index (χ0n) is 11.3. The molecule has 1 aromatic heterocycles. The van der Waals surface area contributed by atoms with Crippen molar-refractivity contribution in [1.82, 2.24) is 4.98 Å². The van der Waals surface area contributed by atoms with Gasteiger partial charge >= 0.3 is 6.18 Å². The van der Waals surface area contributed by atoms with Crippen LogP contribution >= 0.6 is 0 Å². The second-order valence-electron chi connectivity index (χ2n) is 5.03. The summed E-state index contributed by atoms with van der Waals surface area (Å²) in [5, 5.41) is 8.33. The third-order valence-corrected chi connectivity index (χ3v) is 6.61. The molecule has 3 unspecified atom stereocenters. The summed E-state index contributed by atoms with van der Waals surface area (Å²) in [4.78, 5) is 3.42. The summed E-state index contributed by atoms with van der Waals surface area (Å²) in [6.45, 7) is 1.78. The predicted octanol–water partition coefficient (Wildman–Crippen LogP) is 3.32. The number of rotatable bonds is 2. The van der Waals surface area contributed by atoms with Gasteiger partial charge in [0.1, 0.15) is 5.69 Å². The van der Waals surface area contributed by atoms with Gasteiger partial charge in [-0.2, -0.15) is 18.4 Å². The first-order valence-corrected chi connectivity index (χ1v) is 8.17. The summed E-state index contributed by atoms with van der Waals surface area (Å²) in [7, 11) is -2.62. The highest BCUT2D eigenvalue weighted by atomic mass is 32.2. The molecule has 1 aliphatic rings. The third kappa shape index (κ3) is 3.18. The lowest BCUT2D eigenvalue weighted by Crippen LogP contribution is -2.22. The molecule has 4 nitrogen and oxygen atoms in total. The first kappa shape index (κ1) is 15.8. The highest BCUT2D eigenvalue weighted by Gasteiger charge is 2.36. The van der Waals surface area contributed by atoms with Gasteiger partial charge in [-0.3, -0.25) is 4.98 Å². The van der Waals surface area contributed by atoms with Crippen molar-refractivity contribution in [1.29, 1.82) is 5.26 Å². The molecule has 0 spiro atoms. The van der Waals surface area contributed by atoms with E-state index in [1.165, 1.54) is 6.07 Å². The lowest BCUT2D eigenvalue weighted by Gasteiger charge is -2.21. The number of hydrogen-bond acceptors (Lipinski definition) is 4. The number of pyridine rings is 1. The zero-order valence-corrected chi connectivity index (χ0v) is 12.1. The van der Waals surface area contributed by atoms with Gasteiger partial charge in [0.2, 0.25) is 6.19 Å². The van der Waals surface area contributed by atoms with E-state index in [1.807, 2.05) is 0 Å². The van der Waals surface area contributed by atoms with E-state index < -0.39 is 21.6 Å². The molecule has 1 aromatic rings. The fraction of sp³-hybridized carbons (Fsp3) is 0.538. The van der Waals surface area contributed by atoms with Crippen LogP contribution in [0.15, 0.2) is 22.7 Å². The molecule has 2 rings (SSSR count). The Bertz CT molecular complexity index is 669. The van der Waals surface area contributed by atoms with Crippen LogP contribution in [0.4, 0.5) is 13.2 Å². The molecule has 0 saturated carbocycles. The molecule has 21 heavy (non-hydrogen) atoms. The van der Waals surface area contributed by atoms with Crippen LogP contribution < -0.4 is 0 Å². The molecule has 0 radical (unpaired) electrons. The Morgan fingerprint density at radius 2 is 2.24 bits per heavy atom. The van der Waals surface area contributed by atoms with Gasteiger partial charge in [0.05, 0.1) is 15.0 Å². The van der Waals surface area contributed by atoms with Gasteiger partial charge in [-0.15, -0.1) is 4.36 Å². The third-order valence-electron chi connectivity index (χ3n) is 3.75. The molecular formula is C13H14F3N3OS. The summed E-state index contributed by atoms with van der Waals surface area (Å²) < 4.78 is 53.6. The maximum absolute atomic E-state index is 12.6. The maximum Gasteiger partial charge on any atom is 0.433 e. The van der Waals surface area contributed by atoms with Crippen LogP contribution in [0.25, 0.3) is 0 Å². The minimum absolute atomic E-state index is 0.258. The van der Waals surface area contributed by atoms with Gasteiger partial charge in [0, 0.05) is 11.9 Å². The van der Waals surface area contributed by atoms with Crippen molar-refractivity contribution in [2.75, 3.05) is 5.75 Å². The largest absolute Gasteiger partial charge is 0.433 e. The number of alkyl halides is 3. The molecule has 0 aliphatic carbocycles. The van der Waals surface area contributed by atoms with Gasteiger partial charge < -0.3 is 0 Å². The van der Waals surface area contributed by atoms with Crippen LogP contribution in [0.5, 0.6) is 0 Å². The van der Waals surface area contributed by atoms with Crippen molar-refractivity contribution in [3.8, 4) is 6.19 Å². The van der Waals surface area contributed by atoms with Gasteiger partial charge in [-0.25, -0.2) is 4.21 Å². The van der Waals surface area contributed by atoms with Crippen molar-refractivity contribution in [3.63, 3.8) is 0 Å². The zero-order chi connectivity index (χ0) is 15.7. The van der Waals surface area contributed by atoms with E-state index in [0.717, 1.165) is 12.3 Å². The molecular weight excluding hydrogens is 303 g/mol. The Hall–Kier alpha value is -1.62. The summed E-state index contributed by atoms with van der Waals surface area (Å²) in [6.07, 6.45) is -0.362. The van der Waals surface area contributed by atoms with E-state index in [2.05, 4.69) is 9.35 Å². The van der Waals surface area contributed by atoms with Crippen molar-refractivity contribution in [2.45, 2.75) is 37.1 Å². The average Bonchev–Trinajstić information content (AvgIpc) is 2.79. The Morgan fingerprint density at radius 3 is 2.76 bits per heavy atom. The second kappa shape index (κ2) is 5.64. The van der Waals surface area contributed by atoms with Crippen LogP contribution in [0.2, 0.25) is 0 Å². The summed E-state index contributed by atoms with van der Waals surface area (Å²) in [6, 6.07) is 2.27. The minimum atomic E-state index is -4.47. The van der Waals surface area contributed by atoms with Crippen molar-refractivity contribution in [3.05, 3.63) is 29.6 Å². The van der Waals surface area contributed by atoms with Crippen molar-refractivity contribution < 1.29 is 17.4 Å². The molecule has 0 bridgehead atoms. The van der Waals surface area contributed by atoms with Crippen LogP contribution in [0.3, 0.4) is 0 Å². The molecule has 1 saturated heterocycles. The van der Waals surface area contributed by atoms with E-state index in [9.17, 15) is 17.4 Å². The SMILES string of the molecule is CC(c1ccc(C(F)(F)F)nc1)C1CCCS1(=O)=NC#N. The molecule has 3 atom stereocenters. The van der Waals surface area contributed by atoms with Crippen LogP contribution in [-0.2, 0) is 15.9 Å². The normalized spacial score (nSPS) is 27.1. The molecule has 1 fully saturated rings. The topological polar surface area (TPSA) is 66.1 Å². The first-order valence-electron chi connectivity index (χ1n) is 6.43. The number of hydrogen-bond donors (Lipinski definition) is 0. The lowest BCUT2D eigenvalue weighted by molar-refractivity contribution is -0.141. The second-order valence-corrected chi connectivity index (χ2v) is 7.60. The molecule has 2 heterocycles. The fourth-order valence-electron chi connectivity index (χ4n) is 2.64. The van der Waals surface area contributed by atoms with Gasteiger partial charge in [0.15, 0.2) is 0 Å². The number of halogens is 3. The van der Waals surface area contributed by atoms with Crippen molar-refractivity contribution >= 4 is 9.73 Å².